The molecule has 6 rings (SSSR count). The standard InChI is InChI=1S/C27H32N8/c1-2-7-20(6-1)22-15-27(33-29-17-22)32-26-9-8-24-25(31-26)14-21(16-28-24)23-18-30-35(19-23)13-5-12-34-10-3-4-11-34/h8-9,14-20H,1-7,10-13H2,(H,31,32,33). The Morgan fingerprint density at radius 1 is 0.857 bits per heavy atom. The largest absolute Gasteiger partial charge is 0.323 e. The summed E-state index contributed by atoms with van der Waals surface area (Å²) in [7, 11) is 0. The lowest BCUT2D eigenvalue weighted by Crippen LogP contribution is -2.21. The molecule has 4 aromatic heterocycles. The fraction of sp³-hybridized carbons (Fsp3) is 0.444. The van der Waals surface area contributed by atoms with Gasteiger partial charge in [-0.3, -0.25) is 9.67 Å². The summed E-state index contributed by atoms with van der Waals surface area (Å²) in [4.78, 5) is 12.0. The van der Waals surface area contributed by atoms with Crippen LogP contribution in [-0.2, 0) is 6.54 Å². The number of aromatic nitrogens is 6. The number of aryl methyl sites for hydroxylation is 1. The predicted molar refractivity (Wildman–Crippen MR) is 138 cm³/mol. The molecule has 5 heterocycles. The van der Waals surface area contributed by atoms with Crippen LogP contribution >= 0.6 is 0 Å². The molecule has 0 bridgehead atoms. The molecule has 8 nitrogen and oxygen atoms in total. The van der Waals surface area contributed by atoms with Gasteiger partial charge in [0.2, 0.25) is 0 Å². The highest BCUT2D eigenvalue weighted by atomic mass is 15.3. The quantitative estimate of drug-likeness (QED) is 0.382. The molecule has 8 heteroatoms. The first kappa shape index (κ1) is 22.1. The Kier molecular flexibility index (Phi) is 6.36. The highest BCUT2D eigenvalue weighted by Crippen LogP contribution is 2.34. The van der Waals surface area contributed by atoms with Crippen molar-refractivity contribution in [1.82, 2.24) is 34.8 Å². The first-order valence-electron chi connectivity index (χ1n) is 12.9. The van der Waals surface area contributed by atoms with Crippen LogP contribution in [0.15, 0.2) is 49.1 Å². The lowest BCUT2D eigenvalue weighted by molar-refractivity contribution is 0.322. The lowest BCUT2D eigenvalue weighted by Gasteiger charge is -2.13. The zero-order valence-electron chi connectivity index (χ0n) is 20.1. The second-order valence-corrected chi connectivity index (χ2v) is 9.83. The van der Waals surface area contributed by atoms with Gasteiger partial charge < -0.3 is 10.2 Å². The minimum absolute atomic E-state index is 0.600. The molecule has 35 heavy (non-hydrogen) atoms. The van der Waals surface area contributed by atoms with Crippen LogP contribution in [0.2, 0.25) is 0 Å². The van der Waals surface area contributed by atoms with Crippen molar-refractivity contribution < 1.29 is 0 Å². The van der Waals surface area contributed by atoms with E-state index in [4.69, 9.17) is 4.98 Å². The van der Waals surface area contributed by atoms with E-state index in [0.717, 1.165) is 53.3 Å². The van der Waals surface area contributed by atoms with Gasteiger partial charge in [0, 0.05) is 30.1 Å². The van der Waals surface area contributed by atoms with Crippen molar-refractivity contribution in [3.8, 4) is 11.1 Å². The van der Waals surface area contributed by atoms with E-state index in [9.17, 15) is 0 Å². The smallest absolute Gasteiger partial charge is 0.154 e. The third kappa shape index (κ3) is 5.17. The summed E-state index contributed by atoms with van der Waals surface area (Å²) in [6, 6.07) is 8.13. The van der Waals surface area contributed by atoms with Crippen LogP contribution in [0.3, 0.4) is 0 Å². The molecular weight excluding hydrogens is 436 g/mol. The molecule has 2 fully saturated rings. The Labute approximate surface area is 205 Å². The Hall–Kier alpha value is -3.39. The van der Waals surface area contributed by atoms with Crippen LogP contribution in [0.4, 0.5) is 11.6 Å². The van der Waals surface area contributed by atoms with Crippen molar-refractivity contribution in [3.05, 3.63) is 54.6 Å². The number of rotatable bonds is 8. The summed E-state index contributed by atoms with van der Waals surface area (Å²) in [5, 5.41) is 16.4. The Morgan fingerprint density at radius 2 is 1.74 bits per heavy atom. The summed E-state index contributed by atoms with van der Waals surface area (Å²) >= 11 is 0. The van der Waals surface area contributed by atoms with Gasteiger partial charge in [-0.25, -0.2) is 4.98 Å². The Morgan fingerprint density at radius 3 is 2.63 bits per heavy atom. The zero-order valence-corrected chi connectivity index (χ0v) is 20.1. The molecular formula is C27H32N8. The van der Waals surface area contributed by atoms with Crippen molar-refractivity contribution >= 4 is 22.7 Å². The first-order chi connectivity index (χ1) is 17.3. The Bertz CT molecular complexity index is 1290. The van der Waals surface area contributed by atoms with Crippen molar-refractivity contribution in [2.75, 3.05) is 25.0 Å². The molecule has 0 amide bonds. The summed E-state index contributed by atoms with van der Waals surface area (Å²) in [6.45, 7) is 4.58. The molecule has 1 saturated carbocycles. The molecule has 180 valence electrons. The molecule has 4 aromatic rings. The van der Waals surface area contributed by atoms with Crippen molar-refractivity contribution in [3.63, 3.8) is 0 Å². The van der Waals surface area contributed by atoms with Crippen LogP contribution < -0.4 is 5.32 Å². The van der Waals surface area contributed by atoms with E-state index in [0.29, 0.717) is 5.92 Å². The molecule has 0 radical (unpaired) electrons. The van der Waals surface area contributed by atoms with Gasteiger partial charge in [0.05, 0.1) is 23.4 Å². The van der Waals surface area contributed by atoms with Gasteiger partial charge in [0.15, 0.2) is 5.82 Å². The fourth-order valence-corrected chi connectivity index (χ4v) is 5.39. The maximum atomic E-state index is 4.81. The molecule has 0 aromatic carbocycles. The van der Waals surface area contributed by atoms with Crippen molar-refractivity contribution in [1.29, 1.82) is 0 Å². The van der Waals surface area contributed by atoms with Gasteiger partial charge in [0.25, 0.3) is 0 Å². The van der Waals surface area contributed by atoms with E-state index in [-0.39, 0.29) is 0 Å². The monoisotopic (exact) mass is 468 g/mol. The number of nitrogens with zero attached hydrogens (tertiary/aromatic N) is 7. The SMILES string of the molecule is c1nc2ccc(Nc3cc(C4CCCC4)cnn3)nc2cc1-c1cnn(CCCN2CCCC2)c1. The van der Waals surface area contributed by atoms with E-state index in [1.807, 2.05) is 35.4 Å². The van der Waals surface area contributed by atoms with E-state index in [2.05, 4.69) is 48.8 Å². The molecule has 1 saturated heterocycles. The number of anilines is 2. The second-order valence-electron chi connectivity index (χ2n) is 9.83. The molecule has 0 spiro atoms. The van der Waals surface area contributed by atoms with Crippen LogP contribution in [0, 0.1) is 0 Å². The third-order valence-corrected chi connectivity index (χ3v) is 7.32. The molecule has 1 aliphatic carbocycles. The summed E-state index contributed by atoms with van der Waals surface area (Å²) in [5.74, 6) is 2.08. The van der Waals surface area contributed by atoms with Crippen molar-refractivity contribution in [2.45, 2.75) is 57.4 Å². The summed E-state index contributed by atoms with van der Waals surface area (Å²) in [6.07, 6.45) is 16.7. The van der Waals surface area contributed by atoms with Gasteiger partial charge in [-0.1, -0.05) is 12.8 Å². The highest BCUT2D eigenvalue weighted by molar-refractivity contribution is 5.81. The zero-order chi connectivity index (χ0) is 23.5. The van der Waals surface area contributed by atoms with E-state index in [1.54, 1.807) is 0 Å². The van der Waals surface area contributed by atoms with Crippen LogP contribution in [0.25, 0.3) is 22.2 Å². The second kappa shape index (κ2) is 10.1. The van der Waals surface area contributed by atoms with Crippen molar-refractivity contribution in [2.24, 2.45) is 0 Å². The summed E-state index contributed by atoms with van der Waals surface area (Å²) < 4.78 is 2.04. The maximum Gasteiger partial charge on any atom is 0.154 e. The fourth-order valence-electron chi connectivity index (χ4n) is 5.39. The number of pyridine rings is 2. The topological polar surface area (TPSA) is 84.6 Å². The highest BCUT2D eigenvalue weighted by Gasteiger charge is 2.18. The molecule has 1 N–H and O–H groups in total. The number of nitrogens with one attached hydrogen (secondary N) is 1. The minimum atomic E-state index is 0.600. The minimum Gasteiger partial charge on any atom is -0.323 e. The van der Waals surface area contributed by atoms with Gasteiger partial charge in [-0.05, 0) is 87.5 Å². The van der Waals surface area contributed by atoms with Crippen LogP contribution in [-0.4, -0.2) is 54.5 Å². The molecule has 2 aliphatic rings. The predicted octanol–water partition coefficient (Wildman–Crippen LogP) is 5.17. The normalized spacial score (nSPS) is 16.9. The van der Waals surface area contributed by atoms with Gasteiger partial charge in [-0.15, -0.1) is 5.10 Å². The van der Waals surface area contributed by atoms with Crippen LogP contribution in [0.1, 0.15) is 56.4 Å². The third-order valence-electron chi connectivity index (χ3n) is 7.32. The number of hydrogen-bond donors (Lipinski definition) is 1. The van der Waals surface area contributed by atoms with E-state index >= 15 is 0 Å². The molecule has 0 unspecified atom stereocenters. The number of hydrogen-bond acceptors (Lipinski definition) is 7. The van der Waals surface area contributed by atoms with E-state index in [1.165, 1.54) is 57.2 Å². The maximum absolute atomic E-state index is 4.81. The average Bonchev–Trinajstić information content (AvgIpc) is 3.67. The number of fused-ring (bicyclic) bond motifs is 1. The Balaban J connectivity index is 1.15. The molecule has 1 aliphatic heterocycles. The van der Waals surface area contributed by atoms with Gasteiger partial charge in [0.1, 0.15) is 5.82 Å². The van der Waals surface area contributed by atoms with Crippen LogP contribution in [0.5, 0.6) is 0 Å². The van der Waals surface area contributed by atoms with Gasteiger partial charge in [-0.2, -0.15) is 10.2 Å². The van der Waals surface area contributed by atoms with Gasteiger partial charge >= 0.3 is 0 Å². The number of likely N-dealkylation sites (tertiary alicyclic amines) is 1. The first-order valence-corrected chi connectivity index (χ1v) is 12.9. The lowest BCUT2D eigenvalue weighted by atomic mass is 10.0. The summed E-state index contributed by atoms with van der Waals surface area (Å²) in [5.41, 5.74) is 5.06. The van der Waals surface area contributed by atoms with E-state index < -0.39 is 0 Å². The average molecular weight is 469 g/mol. The molecule has 0 atom stereocenters.